The molecule has 4 heteroatoms. The van der Waals surface area contributed by atoms with Crippen LogP contribution in [0.25, 0.3) is 0 Å². The molecule has 0 N–H and O–H groups in total. The molecule has 0 atom stereocenters. The molecule has 0 saturated heterocycles. The number of allylic oxidation sites excluding steroid dienone is 4. The van der Waals surface area contributed by atoms with E-state index in [1.54, 1.807) is 12.2 Å². The van der Waals surface area contributed by atoms with Crippen molar-refractivity contribution < 1.29 is 4.79 Å². The summed E-state index contributed by atoms with van der Waals surface area (Å²) in [5, 5.41) is 0. The summed E-state index contributed by atoms with van der Waals surface area (Å²) in [5.41, 5.74) is -0.0627. The summed E-state index contributed by atoms with van der Waals surface area (Å²) in [6.07, 6.45) is 6.12. The molecule has 0 radical (unpaired) electrons. The van der Waals surface area contributed by atoms with E-state index in [0.717, 1.165) is 5.56 Å². The second-order valence-electron chi connectivity index (χ2n) is 3.80. The zero-order valence-corrected chi connectivity index (χ0v) is 11.0. The van der Waals surface area contributed by atoms with Gasteiger partial charge >= 0.3 is 0 Å². The first-order valence-electron chi connectivity index (χ1n) is 5.00. The lowest BCUT2D eigenvalue weighted by Gasteiger charge is -2.36. The van der Waals surface area contributed by atoms with Crippen LogP contribution in [0.15, 0.2) is 54.6 Å². The number of hydrogen-bond acceptors (Lipinski definition) is 1. The summed E-state index contributed by atoms with van der Waals surface area (Å²) < 4.78 is -1.55. The molecular weight excluding hydrogens is 279 g/mol. The maximum Gasteiger partial charge on any atom is 0.206 e. The van der Waals surface area contributed by atoms with Crippen molar-refractivity contribution in [3.63, 3.8) is 0 Å². The van der Waals surface area contributed by atoms with Gasteiger partial charge in [0.2, 0.25) is 3.79 Å². The van der Waals surface area contributed by atoms with E-state index in [4.69, 9.17) is 34.8 Å². The number of hydrogen-bond donors (Lipinski definition) is 0. The van der Waals surface area contributed by atoms with Gasteiger partial charge in [-0.1, -0.05) is 77.3 Å². The lowest BCUT2D eigenvalue weighted by molar-refractivity contribution is -0.110. The molecule has 2 rings (SSSR count). The second kappa shape index (κ2) is 4.49. The fourth-order valence-corrected chi connectivity index (χ4v) is 2.50. The zero-order valence-electron chi connectivity index (χ0n) is 8.74. The van der Waals surface area contributed by atoms with Gasteiger partial charge in [0.25, 0.3) is 0 Å². The van der Waals surface area contributed by atoms with Crippen LogP contribution in [0, 0.1) is 0 Å². The largest absolute Gasteiger partial charge is 0.290 e. The van der Waals surface area contributed by atoms with Gasteiger partial charge in [0.15, 0.2) is 5.78 Å². The van der Waals surface area contributed by atoms with Crippen LogP contribution in [0.4, 0.5) is 0 Å². The summed E-state index contributed by atoms with van der Waals surface area (Å²) in [7, 11) is 0. The van der Waals surface area contributed by atoms with Crippen LogP contribution in [-0.4, -0.2) is 9.58 Å². The minimum atomic E-state index is -1.55. The third-order valence-corrected chi connectivity index (χ3v) is 3.68. The molecule has 1 aliphatic rings. The molecular formula is C13H9Cl3O. The van der Waals surface area contributed by atoms with Gasteiger partial charge in [0.05, 0.1) is 5.41 Å². The van der Waals surface area contributed by atoms with E-state index in [2.05, 4.69) is 0 Å². The summed E-state index contributed by atoms with van der Waals surface area (Å²) in [6, 6.07) is 9.35. The monoisotopic (exact) mass is 286 g/mol. The Kier molecular flexibility index (Phi) is 3.35. The Labute approximate surface area is 115 Å². The maximum atomic E-state index is 11.2. The van der Waals surface area contributed by atoms with E-state index in [0.29, 0.717) is 0 Å². The Bertz CT molecular complexity index is 467. The molecule has 0 aromatic heterocycles. The maximum absolute atomic E-state index is 11.2. The van der Waals surface area contributed by atoms with Crippen molar-refractivity contribution in [2.75, 3.05) is 0 Å². The van der Waals surface area contributed by atoms with Crippen molar-refractivity contribution in [1.82, 2.24) is 0 Å². The highest BCUT2D eigenvalue weighted by Crippen LogP contribution is 2.49. The topological polar surface area (TPSA) is 17.1 Å². The summed E-state index contributed by atoms with van der Waals surface area (Å²) in [4.78, 5) is 11.2. The average molecular weight is 288 g/mol. The number of benzene rings is 1. The quantitative estimate of drug-likeness (QED) is 0.714. The van der Waals surface area contributed by atoms with E-state index in [9.17, 15) is 4.79 Å². The Balaban J connectivity index is 2.58. The van der Waals surface area contributed by atoms with E-state index in [1.165, 1.54) is 12.2 Å². The van der Waals surface area contributed by atoms with Gasteiger partial charge < -0.3 is 0 Å². The van der Waals surface area contributed by atoms with Crippen molar-refractivity contribution in [1.29, 1.82) is 0 Å². The highest BCUT2D eigenvalue weighted by molar-refractivity contribution is 6.68. The molecule has 88 valence electrons. The smallest absolute Gasteiger partial charge is 0.206 e. The first kappa shape index (κ1) is 12.7. The molecule has 0 amide bonds. The molecule has 0 unspecified atom stereocenters. The molecule has 1 aromatic rings. The molecule has 1 aromatic carbocycles. The highest BCUT2D eigenvalue weighted by Gasteiger charge is 2.47. The lowest BCUT2D eigenvalue weighted by atomic mass is 9.78. The predicted octanol–water partition coefficient (Wildman–Crippen LogP) is 3.99. The number of carbonyl (C=O) groups is 1. The van der Waals surface area contributed by atoms with Crippen molar-refractivity contribution in [3.8, 4) is 0 Å². The van der Waals surface area contributed by atoms with E-state index < -0.39 is 9.21 Å². The fraction of sp³-hybridized carbons (Fsp3) is 0.154. The summed E-state index contributed by atoms with van der Waals surface area (Å²) in [5.74, 6) is -0.106. The number of rotatable bonds is 1. The fourth-order valence-electron chi connectivity index (χ4n) is 1.80. The zero-order chi connectivity index (χ0) is 12.5. The van der Waals surface area contributed by atoms with Gasteiger partial charge in [0.1, 0.15) is 0 Å². The Hall–Kier alpha value is -0.760. The molecule has 0 heterocycles. The number of alkyl halides is 3. The summed E-state index contributed by atoms with van der Waals surface area (Å²) in [6.45, 7) is 0. The Morgan fingerprint density at radius 1 is 0.941 bits per heavy atom. The normalized spacial score (nSPS) is 18.4. The van der Waals surface area contributed by atoms with Crippen molar-refractivity contribution in [3.05, 3.63) is 60.2 Å². The van der Waals surface area contributed by atoms with Crippen LogP contribution in [0.3, 0.4) is 0 Å². The third kappa shape index (κ3) is 2.28. The Morgan fingerprint density at radius 3 is 1.94 bits per heavy atom. The van der Waals surface area contributed by atoms with Crippen molar-refractivity contribution >= 4 is 40.6 Å². The van der Waals surface area contributed by atoms with E-state index in [-0.39, 0.29) is 5.78 Å². The molecule has 0 fully saturated rings. The minimum absolute atomic E-state index is 0.106. The third-order valence-electron chi connectivity index (χ3n) is 2.74. The molecule has 0 spiro atoms. The van der Waals surface area contributed by atoms with Crippen molar-refractivity contribution in [2.24, 2.45) is 0 Å². The van der Waals surface area contributed by atoms with Gasteiger partial charge in [-0.05, 0) is 17.7 Å². The standard InChI is InChI=1S/C13H9Cl3O/c14-13(15,16)12(8-6-11(17)7-9-12)10-4-2-1-3-5-10/h1-9H. The molecule has 17 heavy (non-hydrogen) atoms. The molecule has 1 nitrogen and oxygen atoms in total. The van der Waals surface area contributed by atoms with Crippen LogP contribution >= 0.6 is 34.8 Å². The molecule has 0 aliphatic heterocycles. The van der Waals surface area contributed by atoms with Crippen LogP contribution in [0.5, 0.6) is 0 Å². The van der Waals surface area contributed by atoms with Crippen LogP contribution in [0.1, 0.15) is 5.56 Å². The van der Waals surface area contributed by atoms with Crippen molar-refractivity contribution in [2.45, 2.75) is 9.21 Å². The van der Waals surface area contributed by atoms with Gasteiger partial charge in [-0.3, -0.25) is 4.79 Å². The van der Waals surface area contributed by atoms with Crippen LogP contribution < -0.4 is 0 Å². The second-order valence-corrected chi connectivity index (χ2v) is 6.08. The minimum Gasteiger partial charge on any atom is -0.290 e. The van der Waals surface area contributed by atoms with Gasteiger partial charge in [-0.2, -0.15) is 0 Å². The van der Waals surface area contributed by atoms with Crippen LogP contribution in [-0.2, 0) is 10.2 Å². The van der Waals surface area contributed by atoms with Gasteiger partial charge in [-0.25, -0.2) is 0 Å². The van der Waals surface area contributed by atoms with E-state index >= 15 is 0 Å². The van der Waals surface area contributed by atoms with E-state index in [1.807, 2.05) is 30.3 Å². The highest BCUT2D eigenvalue weighted by atomic mass is 35.6. The molecule has 1 aliphatic carbocycles. The van der Waals surface area contributed by atoms with Gasteiger partial charge in [0, 0.05) is 0 Å². The molecule has 0 bridgehead atoms. The first-order valence-corrected chi connectivity index (χ1v) is 6.14. The predicted molar refractivity (Wildman–Crippen MR) is 71.7 cm³/mol. The van der Waals surface area contributed by atoms with Gasteiger partial charge in [-0.15, -0.1) is 0 Å². The number of ketones is 1. The molecule has 0 saturated carbocycles. The summed E-state index contributed by atoms with van der Waals surface area (Å²) >= 11 is 18.2. The average Bonchev–Trinajstić information content (AvgIpc) is 2.30. The SMILES string of the molecule is O=C1C=CC(c2ccccc2)(C(Cl)(Cl)Cl)C=C1. The number of carbonyl (C=O) groups excluding carboxylic acids is 1. The first-order chi connectivity index (χ1) is 7.96. The lowest BCUT2D eigenvalue weighted by Crippen LogP contribution is -2.37. The number of halogens is 3. The van der Waals surface area contributed by atoms with Crippen LogP contribution in [0.2, 0.25) is 0 Å². The Morgan fingerprint density at radius 2 is 1.47 bits per heavy atom.